The fourth-order valence-corrected chi connectivity index (χ4v) is 2.05. The zero-order chi connectivity index (χ0) is 11.4. The summed E-state index contributed by atoms with van der Waals surface area (Å²) in [4.78, 5) is 0.965. The molecule has 1 aromatic carbocycles. The van der Waals surface area contributed by atoms with Gasteiger partial charge < -0.3 is 5.32 Å². The first-order chi connectivity index (χ1) is 7.83. The Balaban J connectivity index is 2.33. The quantitative estimate of drug-likeness (QED) is 0.887. The van der Waals surface area contributed by atoms with E-state index in [9.17, 15) is 4.39 Å². The molecule has 1 aromatic heterocycles. The minimum Gasteiger partial charge on any atom is -0.312 e. The summed E-state index contributed by atoms with van der Waals surface area (Å²) in [7, 11) is 0. The number of nitrogens with zero attached hydrogens (tertiary/aromatic N) is 2. The maximum Gasteiger partial charge on any atom is 0.132 e. The molecule has 0 saturated carbocycles. The predicted molar refractivity (Wildman–Crippen MR) is 62.7 cm³/mol. The second kappa shape index (κ2) is 5.14. The molecule has 0 saturated heterocycles. The number of benzene rings is 1. The Bertz CT molecular complexity index is 470. The van der Waals surface area contributed by atoms with Crippen molar-refractivity contribution in [2.45, 2.75) is 13.5 Å². The van der Waals surface area contributed by atoms with Crippen molar-refractivity contribution in [1.29, 1.82) is 0 Å². The lowest BCUT2D eigenvalue weighted by Gasteiger charge is -2.02. The summed E-state index contributed by atoms with van der Waals surface area (Å²) in [5.74, 6) is -0.257. The number of hydrogen-bond acceptors (Lipinski definition) is 4. The van der Waals surface area contributed by atoms with Gasteiger partial charge in [0.25, 0.3) is 0 Å². The number of rotatable bonds is 4. The van der Waals surface area contributed by atoms with Crippen LogP contribution in [-0.4, -0.2) is 16.1 Å². The van der Waals surface area contributed by atoms with Gasteiger partial charge in [0.05, 0.1) is 4.88 Å². The van der Waals surface area contributed by atoms with Gasteiger partial charge in [-0.05, 0) is 30.2 Å². The van der Waals surface area contributed by atoms with E-state index in [4.69, 9.17) is 0 Å². The predicted octanol–water partition coefficient (Wildman–Crippen LogP) is 2.45. The maximum absolute atomic E-state index is 13.6. The fourth-order valence-electron chi connectivity index (χ4n) is 1.42. The van der Waals surface area contributed by atoms with Crippen LogP contribution >= 0.6 is 11.5 Å². The van der Waals surface area contributed by atoms with E-state index in [1.165, 1.54) is 17.6 Å². The van der Waals surface area contributed by atoms with Gasteiger partial charge in [-0.3, -0.25) is 0 Å². The van der Waals surface area contributed by atoms with E-state index < -0.39 is 0 Å². The molecule has 0 aliphatic carbocycles. The first-order valence-electron chi connectivity index (χ1n) is 5.09. The summed E-state index contributed by atoms with van der Waals surface area (Å²) in [6, 6.07) is 6.63. The van der Waals surface area contributed by atoms with E-state index in [0.717, 1.165) is 11.4 Å². The summed E-state index contributed by atoms with van der Waals surface area (Å²) in [6.07, 6.45) is 0. The highest BCUT2D eigenvalue weighted by molar-refractivity contribution is 7.05. The third kappa shape index (κ3) is 2.25. The van der Waals surface area contributed by atoms with Crippen molar-refractivity contribution in [3.8, 4) is 11.3 Å². The van der Waals surface area contributed by atoms with Gasteiger partial charge in [0, 0.05) is 12.1 Å². The third-order valence-corrected chi connectivity index (χ3v) is 2.94. The summed E-state index contributed by atoms with van der Waals surface area (Å²) < 4.78 is 17.4. The Morgan fingerprint density at radius 1 is 1.38 bits per heavy atom. The van der Waals surface area contributed by atoms with Gasteiger partial charge in [-0.25, -0.2) is 4.39 Å². The molecule has 16 heavy (non-hydrogen) atoms. The van der Waals surface area contributed by atoms with Gasteiger partial charge in [0.2, 0.25) is 0 Å². The average Bonchev–Trinajstić information content (AvgIpc) is 2.75. The normalized spacial score (nSPS) is 10.6. The molecular weight excluding hydrogens is 225 g/mol. The van der Waals surface area contributed by atoms with E-state index >= 15 is 0 Å². The highest BCUT2D eigenvalue weighted by Crippen LogP contribution is 2.25. The van der Waals surface area contributed by atoms with Crippen molar-refractivity contribution >= 4 is 11.5 Å². The van der Waals surface area contributed by atoms with Crippen molar-refractivity contribution in [3.63, 3.8) is 0 Å². The molecule has 0 aliphatic heterocycles. The molecule has 0 fully saturated rings. The first-order valence-corrected chi connectivity index (χ1v) is 5.87. The molecule has 0 atom stereocenters. The van der Waals surface area contributed by atoms with Crippen molar-refractivity contribution in [3.05, 3.63) is 35.0 Å². The van der Waals surface area contributed by atoms with E-state index in [1.807, 2.05) is 6.92 Å². The SMILES string of the molecule is CCNCc1snnc1-c1ccccc1F. The molecule has 2 aromatic rings. The van der Waals surface area contributed by atoms with Crippen LogP contribution in [0.15, 0.2) is 24.3 Å². The van der Waals surface area contributed by atoms with Crippen molar-refractivity contribution in [2.75, 3.05) is 6.54 Å². The molecule has 1 N–H and O–H groups in total. The average molecular weight is 237 g/mol. The standard InChI is InChI=1S/C11H12FN3S/c1-2-13-7-10-11(14-15-16-10)8-5-3-4-6-9(8)12/h3-6,13H,2,7H2,1H3. The van der Waals surface area contributed by atoms with Crippen molar-refractivity contribution < 1.29 is 4.39 Å². The Labute approximate surface area is 97.5 Å². The van der Waals surface area contributed by atoms with Crippen LogP contribution in [-0.2, 0) is 6.54 Å². The monoisotopic (exact) mass is 237 g/mol. The summed E-state index contributed by atoms with van der Waals surface area (Å²) in [5.41, 5.74) is 1.16. The second-order valence-electron chi connectivity index (χ2n) is 3.30. The number of hydrogen-bond donors (Lipinski definition) is 1. The highest BCUT2D eigenvalue weighted by Gasteiger charge is 2.13. The molecule has 5 heteroatoms. The van der Waals surface area contributed by atoms with Crippen LogP contribution in [0.2, 0.25) is 0 Å². The molecule has 1 heterocycles. The topological polar surface area (TPSA) is 37.8 Å². The number of aromatic nitrogens is 2. The molecule has 0 bridgehead atoms. The summed E-state index contributed by atoms with van der Waals surface area (Å²) >= 11 is 1.30. The van der Waals surface area contributed by atoms with Gasteiger partial charge in [0.1, 0.15) is 11.5 Å². The number of nitrogens with one attached hydrogen (secondary N) is 1. The van der Waals surface area contributed by atoms with Gasteiger partial charge in [-0.15, -0.1) is 5.10 Å². The highest BCUT2D eigenvalue weighted by atomic mass is 32.1. The lowest BCUT2D eigenvalue weighted by atomic mass is 10.1. The Morgan fingerprint density at radius 2 is 2.19 bits per heavy atom. The van der Waals surface area contributed by atoms with E-state index in [0.29, 0.717) is 17.8 Å². The number of halogens is 1. The maximum atomic E-state index is 13.6. The molecule has 0 amide bonds. The first kappa shape index (κ1) is 11.2. The molecule has 2 rings (SSSR count). The Kier molecular flexibility index (Phi) is 3.58. The fraction of sp³-hybridized carbons (Fsp3) is 0.273. The van der Waals surface area contributed by atoms with Gasteiger partial charge in [-0.2, -0.15) is 0 Å². The molecule has 0 unspecified atom stereocenters. The molecule has 3 nitrogen and oxygen atoms in total. The van der Waals surface area contributed by atoms with Gasteiger partial charge >= 0.3 is 0 Å². The summed E-state index contributed by atoms with van der Waals surface area (Å²) in [6.45, 7) is 3.57. The van der Waals surface area contributed by atoms with Gasteiger partial charge in [-0.1, -0.05) is 23.5 Å². The lowest BCUT2D eigenvalue weighted by molar-refractivity contribution is 0.630. The van der Waals surface area contributed by atoms with Crippen LogP contribution in [0, 0.1) is 5.82 Å². The molecule has 84 valence electrons. The van der Waals surface area contributed by atoms with Crippen LogP contribution in [0.4, 0.5) is 4.39 Å². The van der Waals surface area contributed by atoms with Crippen LogP contribution in [0.5, 0.6) is 0 Å². The smallest absolute Gasteiger partial charge is 0.132 e. The van der Waals surface area contributed by atoms with Crippen LogP contribution in [0.3, 0.4) is 0 Å². The van der Waals surface area contributed by atoms with Crippen molar-refractivity contribution in [2.24, 2.45) is 0 Å². The van der Waals surface area contributed by atoms with E-state index in [1.54, 1.807) is 18.2 Å². The van der Waals surface area contributed by atoms with E-state index in [-0.39, 0.29) is 5.82 Å². The molecular formula is C11H12FN3S. The second-order valence-corrected chi connectivity index (χ2v) is 4.14. The van der Waals surface area contributed by atoms with Crippen LogP contribution in [0.25, 0.3) is 11.3 Å². The Hall–Kier alpha value is -1.33. The zero-order valence-electron chi connectivity index (χ0n) is 8.90. The minimum atomic E-state index is -0.257. The minimum absolute atomic E-state index is 0.257. The largest absolute Gasteiger partial charge is 0.312 e. The van der Waals surface area contributed by atoms with Crippen LogP contribution in [0.1, 0.15) is 11.8 Å². The molecule has 0 radical (unpaired) electrons. The molecule has 0 aliphatic rings. The molecule has 0 spiro atoms. The summed E-state index contributed by atoms with van der Waals surface area (Å²) in [5, 5.41) is 7.18. The van der Waals surface area contributed by atoms with Crippen molar-refractivity contribution in [1.82, 2.24) is 14.9 Å². The lowest BCUT2D eigenvalue weighted by Crippen LogP contribution is -2.11. The Morgan fingerprint density at radius 3 is 2.94 bits per heavy atom. The zero-order valence-corrected chi connectivity index (χ0v) is 9.72. The van der Waals surface area contributed by atoms with Crippen LogP contribution < -0.4 is 5.32 Å². The van der Waals surface area contributed by atoms with E-state index in [2.05, 4.69) is 14.9 Å². The van der Waals surface area contributed by atoms with Gasteiger partial charge in [0.15, 0.2) is 0 Å². The third-order valence-electron chi connectivity index (χ3n) is 2.22.